The lowest BCUT2D eigenvalue weighted by molar-refractivity contribution is -0.124. The van der Waals surface area contributed by atoms with Crippen LogP contribution >= 0.6 is 23.5 Å². The topological polar surface area (TPSA) is 62.1 Å². The van der Waals surface area contributed by atoms with E-state index in [0.29, 0.717) is 10.3 Å². The fraction of sp³-hybridized carbons (Fsp3) is 0.529. The zero-order chi connectivity index (χ0) is 16.1. The Labute approximate surface area is 145 Å². The van der Waals surface area contributed by atoms with E-state index in [1.165, 1.54) is 17.1 Å². The highest BCUT2D eigenvalue weighted by Crippen LogP contribution is 2.45. The van der Waals surface area contributed by atoms with Crippen LogP contribution < -0.4 is 10.1 Å². The summed E-state index contributed by atoms with van der Waals surface area (Å²) < 4.78 is 6.07. The number of amides is 1. The summed E-state index contributed by atoms with van der Waals surface area (Å²) in [6.45, 7) is -0.0459. The Balaban J connectivity index is 1.50. The molecule has 6 heteroatoms. The monoisotopic (exact) mass is 348 g/mol. The zero-order valence-electron chi connectivity index (χ0n) is 12.9. The van der Waals surface area contributed by atoms with Crippen molar-refractivity contribution in [3.63, 3.8) is 0 Å². The van der Waals surface area contributed by atoms with Gasteiger partial charge in [0.2, 0.25) is 0 Å². The number of nitriles is 1. The Bertz CT molecular complexity index is 586. The van der Waals surface area contributed by atoms with E-state index in [-0.39, 0.29) is 12.5 Å². The number of hydrogen-bond donors (Lipinski definition) is 1. The summed E-state index contributed by atoms with van der Waals surface area (Å²) in [6, 6.07) is 10.2. The third-order valence-corrected chi connectivity index (χ3v) is 7.30. The van der Waals surface area contributed by atoms with Crippen LogP contribution in [0.1, 0.15) is 35.8 Å². The standard InChI is InChI=1S/C17H20N2O2S2/c18-12-17(7-1-2-8-17)19-15(20)11-21-14-5-3-13(4-6-14)16-22-9-10-23-16/h3-6,16H,1-2,7-11H2,(H,19,20). The van der Waals surface area contributed by atoms with Crippen LogP contribution in [0, 0.1) is 11.3 Å². The molecule has 3 rings (SSSR count). The molecule has 0 radical (unpaired) electrons. The van der Waals surface area contributed by atoms with Gasteiger partial charge < -0.3 is 10.1 Å². The smallest absolute Gasteiger partial charge is 0.259 e. The van der Waals surface area contributed by atoms with E-state index in [1.54, 1.807) is 0 Å². The van der Waals surface area contributed by atoms with Crippen LogP contribution in [0.15, 0.2) is 24.3 Å². The number of nitrogens with zero attached hydrogens (tertiary/aromatic N) is 1. The van der Waals surface area contributed by atoms with Gasteiger partial charge >= 0.3 is 0 Å². The van der Waals surface area contributed by atoms with Crippen molar-refractivity contribution < 1.29 is 9.53 Å². The fourth-order valence-corrected chi connectivity index (χ4v) is 5.83. The average Bonchev–Trinajstić information content (AvgIpc) is 3.26. The van der Waals surface area contributed by atoms with Crippen LogP contribution in [0.2, 0.25) is 0 Å². The first-order valence-electron chi connectivity index (χ1n) is 7.89. The number of rotatable bonds is 5. The van der Waals surface area contributed by atoms with Crippen molar-refractivity contribution in [3.8, 4) is 11.8 Å². The van der Waals surface area contributed by atoms with Gasteiger partial charge in [0.1, 0.15) is 11.3 Å². The minimum atomic E-state index is -0.679. The first-order chi connectivity index (χ1) is 11.2. The van der Waals surface area contributed by atoms with E-state index in [1.807, 2.05) is 35.7 Å². The van der Waals surface area contributed by atoms with Gasteiger partial charge in [-0.2, -0.15) is 5.26 Å². The number of thioether (sulfide) groups is 2. The molecule has 1 amide bonds. The molecule has 1 aromatic carbocycles. The number of carbonyl (C=O) groups excluding carboxylic acids is 1. The van der Waals surface area contributed by atoms with E-state index < -0.39 is 5.54 Å². The normalized spacial score (nSPS) is 20.1. The number of carbonyl (C=O) groups is 1. The van der Waals surface area contributed by atoms with Crippen LogP contribution in [0.4, 0.5) is 0 Å². The second-order valence-corrected chi connectivity index (χ2v) is 8.60. The highest BCUT2D eigenvalue weighted by molar-refractivity contribution is 8.19. The molecule has 23 heavy (non-hydrogen) atoms. The summed E-state index contributed by atoms with van der Waals surface area (Å²) >= 11 is 3.93. The van der Waals surface area contributed by atoms with Crippen molar-refractivity contribution in [2.75, 3.05) is 18.1 Å². The van der Waals surface area contributed by atoms with Crippen LogP contribution in [0.25, 0.3) is 0 Å². The minimum absolute atomic E-state index is 0.0459. The predicted molar refractivity (Wildman–Crippen MR) is 94.5 cm³/mol. The third-order valence-electron chi connectivity index (χ3n) is 4.19. The number of benzene rings is 1. The van der Waals surface area contributed by atoms with Crippen molar-refractivity contribution >= 4 is 29.4 Å². The van der Waals surface area contributed by atoms with Crippen molar-refractivity contribution in [3.05, 3.63) is 29.8 Å². The molecule has 0 atom stereocenters. The van der Waals surface area contributed by atoms with Gasteiger partial charge in [-0.05, 0) is 43.4 Å². The van der Waals surface area contributed by atoms with Gasteiger partial charge in [-0.25, -0.2) is 0 Å². The molecular formula is C17H20N2O2S2. The summed E-state index contributed by atoms with van der Waals surface area (Å²) in [5.74, 6) is 2.87. The second kappa shape index (κ2) is 7.50. The maximum Gasteiger partial charge on any atom is 0.259 e. The molecule has 0 aromatic heterocycles. The van der Waals surface area contributed by atoms with Crippen LogP contribution in [-0.4, -0.2) is 29.6 Å². The Hall–Kier alpha value is -1.32. The molecule has 1 saturated carbocycles. The lowest BCUT2D eigenvalue weighted by Crippen LogP contribution is -2.47. The maximum absolute atomic E-state index is 12.0. The molecule has 2 fully saturated rings. The summed E-state index contributed by atoms with van der Waals surface area (Å²) in [5.41, 5.74) is 0.616. The lowest BCUT2D eigenvalue weighted by atomic mass is 10.00. The second-order valence-electron chi connectivity index (χ2n) is 5.88. The highest BCUT2D eigenvalue weighted by Gasteiger charge is 2.35. The van der Waals surface area contributed by atoms with Crippen molar-refractivity contribution in [2.45, 2.75) is 35.8 Å². The van der Waals surface area contributed by atoms with E-state index in [0.717, 1.165) is 25.7 Å². The molecular weight excluding hydrogens is 328 g/mol. The lowest BCUT2D eigenvalue weighted by Gasteiger charge is -2.21. The van der Waals surface area contributed by atoms with Gasteiger partial charge in [0.25, 0.3) is 5.91 Å². The molecule has 0 spiro atoms. The number of hydrogen-bond acceptors (Lipinski definition) is 5. The van der Waals surface area contributed by atoms with Crippen molar-refractivity contribution in [1.82, 2.24) is 5.32 Å². The van der Waals surface area contributed by atoms with Gasteiger partial charge in [0.05, 0.1) is 10.7 Å². The summed E-state index contributed by atoms with van der Waals surface area (Å²) in [5, 5.41) is 12.1. The average molecular weight is 348 g/mol. The first-order valence-corrected chi connectivity index (χ1v) is 9.99. The van der Waals surface area contributed by atoms with E-state index in [9.17, 15) is 10.1 Å². The first kappa shape index (κ1) is 16.5. The molecule has 1 saturated heterocycles. The predicted octanol–water partition coefficient (Wildman–Crippen LogP) is 3.50. The van der Waals surface area contributed by atoms with Gasteiger partial charge in [-0.1, -0.05) is 12.1 Å². The minimum Gasteiger partial charge on any atom is -0.484 e. The maximum atomic E-state index is 12.0. The molecule has 4 nitrogen and oxygen atoms in total. The number of nitrogens with one attached hydrogen (secondary N) is 1. The van der Waals surface area contributed by atoms with E-state index >= 15 is 0 Å². The Kier molecular flexibility index (Phi) is 5.39. The molecule has 122 valence electrons. The van der Waals surface area contributed by atoms with Gasteiger partial charge in [-0.15, -0.1) is 23.5 Å². The molecule has 1 heterocycles. The molecule has 1 aromatic rings. The van der Waals surface area contributed by atoms with Crippen LogP contribution in [-0.2, 0) is 4.79 Å². The van der Waals surface area contributed by atoms with Gasteiger partial charge in [-0.3, -0.25) is 4.79 Å². The molecule has 0 unspecified atom stereocenters. The van der Waals surface area contributed by atoms with Gasteiger partial charge in [0.15, 0.2) is 6.61 Å². The fourth-order valence-electron chi connectivity index (χ4n) is 2.97. The van der Waals surface area contributed by atoms with Crippen molar-refractivity contribution in [2.24, 2.45) is 0 Å². The third kappa shape index (κ3) is 4.15. The molecule has 1 aliphatic carbocycles. The zero-order valence-corrected chi connectivity index (χ0v) is 14.5. The highest BCUT2D eigenvalue weighted by atomic mass is 32.2. The van der Waals surface area contributed by atoms with Crippen LogP contribution in [0.3, 0.4) is 0 Å². The van der Waals surface area contributed by atoms with Crippen LogP contribution in [0.5, 0.6) is 5.75 Å². The van der Waals surface area contributed by atoms with Gasteiger partial charge in [0, 0.05) is 11.5 Å². The molecule has 1 aliphatic heterocycles. The summed E-state index contributed by atoms with van der Waals surface area (Å²) in [4.78, 5) is 12.0. The summed E-state index contributed by atoms with van der Waals surface area (Å²) in [7, 11) is 0. The molecule has 0 bridgehead atoms. The Morgan fingerprint density at radius 3 is 2.52 bits per heavy atom. The molecule has 2 aliphatic rings. The quantitative estimate of drug-likeness (QED) is 0.882. The SMILES string of the molecule is N#CC1(NC(=O)COc2ccc(C3SCCS3)cc2)CCCC1. The van der Waals surface area contributed by atoms with E-state index in [2.05, 4.69) is 23.5 Å². The van der Waals surface area contributed by atoms with E-state index in [4.69, 9.17) is 4.74 Å². The number of ether oxygens (including phenoxy) is 1. The molecule has 1 N–H and O–H groups in total. The largest absolute Gasteiger partial charge is 0.484 e. The summed E-state index contributed by atoms with van der Waals surface area (Å²) in [6.07, 6.45) is 3.46. The Morgan fingerprint density at radius 1 is 1.26 bits per heavy atom. The Morgan fingerprint density at radius 2 is 1.91 bits per heavy atom. The van der Waals surface area contributed by atoms with Crippen molar-refractivity contribution in [1.29, 1.82) is 5.26 Å².